The van der Waals surface area contributed by atoms with Gasteiger partial charge in [-0.15, -0.1) is 0 Å². The molecule has 0 aliphatic heterocycles. The molecule has 0 fully saturated rings. The van der Waals surface area contributed by atoms with E-state index in [1.165, 1.54) is 22.8 Å². The molecule has 41 heavy (non-hydrogen) atoms. The molecule has 4 rings (SSSR count). The van der Waals surface area contributed by atoms with Gasteiger partial charge in [0.05, 0.1) is 0 Å². The normalized spacial score (nSPS) is 17.9. The zero-order chi connectivity index (χ0) is 30.4. The molecule has 0 aromatic heterocycles. The molecule has 0 radical (unpaired) electrons. The fourth-order valence-electron chi connectivity index (χ4n) is 5.72. The van der Waals surface area contributed by atoms with E-state index in [1.54, 1.807) is 0 Å². The standard InChI is InChI=1S/C32H48N4Si4Te/c1-37(2,3)33(29-21-13-14-22-29)41(34(38(4,5)6)30-23-15-16-24-30,35(39(7,8)9)31-25-17-18-26-31)36(40(10,11)12)32-27-19-20-28-32/h13-21,23,25,27H,1-12H3. The Hall–Kier alpha value is -2.10. The van der Waals surface area contributed by atoms with Crippen LogP contribution in [-0.2, 0) is 0 Å². The summed E-state index contributed by atoms with van der Waals surface area (Å²) in [6.07, 6.45) is 26.3. The van der Waals surface area contributed by atoms with E-state index in [4.69, 9.17) is 0 Å². The van der Waals surface area contributed by atoms with Crippen molar-refractivity contribution in [2.45, 2.75) is 78.6 Å². The Morgan fingerprint density at radius 1 is 0.390 bits per heavy atom. The van der Waals surface area contributed by atoms with Gasteiger partial charge in [-0.25, -0.2) is 0 Å². The van der Waals surface area contributed by atoms with Gasteiger partial charge in [-0.1, -0.05) is 0 Å². The van der Waals surface area contributed by atoms with Crippen LogP contribution in [0.3, 0.4) is 0 Å². The summed E-state index contributed by atoms with van der Waals surface area (Å²) in [7, 11) is -8.41. The number of rotatable bonds is 12. The van der Waals surface area contributed by atoms with Crippen LogP contribution >= 0.6 is 0 Å². The Bertz CT molecular complexity index is 1260. The van der Waals surface area contributed by atoms with Crippen molar-refractivity contribution in [3.8, 4) is 0 Å². The van der Waals surface area contributed by atoms with E-state index >= 15 is 0 Å². The molecule has 4 aliphatic rings. The summed E-state index contributed by atoms with van der Waals surface area (Å²) in [5.41, 5.74) is 19.9. The molecule has 0 heterocycles. The third kappa shape index (κ3) is 6.04. The van der Waals surface area contributed by atoms with Gasteiger partial charge in [-0.05, 0) is 0 Å². The van der Waals surface area contributed by atoms with E-state index in [1.807, 2.05) is 0 Å². The average molecular weight is 729 g/mol. The molecule has 0 aromatic carbocycles. The van der Waals surface area contributed by atoms with Crippen molar-refractivity contribution in [2.75, 3.05) is 0 Å². The molecule has 9 heteroatoms. The molecular weight excluding hydrogens is 680 g/mol. The maximum atomic E-state index is 3.75. The average Bonchev–Trinajstić information content (AvgIpc) is 3.60. The van der Waals surface area contributed by atoms with E-state index in [9.17, 15) is 0 Å². The third-order valence-corrected chi connectivity index (χ3v) is 45.6. The Morgan fingerprint density at radius 2 is 0.585 bits per heavy atom. The van der Waals surface area contributed by atoms with Crippen molar-refractivity contribution in [3.05, 3.63) is 119 Å². The summed E-state index contributed by atoms with van der Waals surface area (Å²) >= 11 is -4.13. The van der Waals surface area contributed by atoms with E-state index < -0.39 is 52.2 Å². The maximum absolute atomic E-state index is 4.13. The van der Waals surface area contributed by atoms with E-state index in [-0.39, 0.29) is 0 Å². The van der Waals surface area contributed by atoms with Gasteiger partial charge >= 0.3 is 261 Å². The number of hydrogen-bond acceptors (Lipinski definition) is 4. The van der Waals surface area contributed by atoms with Crippen LogP contribution in [-0.4, -0.2) is 63.5 Å². The minimum absolute atomic E-state index is 1.23. The van der Waals surface area contributed by atoms with Crippen LogP contribution in [0.15, 0.2) is 119 Å². The third-order valence-electron chi connectivity index (χ3n) is 6.62. The number of hydrogen-bond donors (Lipinski definition) is 0. The van der Waals surface area contributed by atoms with Crippen molar-refractivity contribution in [3.63, 3.8) is 0 Å². The van der Waals surface area contributed by atoms with Gasteiger partial charge in [0.1, 0.15) is 0 Å². The Kier molecular flexibility index (Phi) is 8.69. The molecule has 4 aliphatic carbocycles. The molecule has 4 nitrogen and oxygen atoms in total. The summed E-state index contributed by atoms with van der Waals surface area (Å²) in [5.74, 6) is 0. The second-order valence-corrected chi connectivity index (χ2v) is 44.7. The van der Waals surface area contributed by atoms with Gasteiger partial charge in [0.15, 0.2) is 0 Å². The first kappa shape index (κ1) is 31.8. The summed E-state index contributed by atoms with van der Waals surface area (Å²) in [6, 6.07) is 0. The van der Waals surface area contributed by atoms with Crippen LogP contribution in [0.25, 0.3) is 0 Å². The van der Waals surface area contributed by atoms with Crippen molar-refractivity contribution in [2.24, 2.45) is 0 Å². The van der Waals surface area contributed by atoms with Gasteiger partial charge in [0.25, 0.3) is 0 Å². The SMILES string of the molecule is C[Si](C)(C)N(C1=C=CC=C1)[Te](N(C1=C=CC=C1)[Si](C)(C)C)(N(C1=C=CC=C1)[Si](C)(C)C)N(C1=C=CC=C1)[Si](C)(C)C. The van der Waals surface area contributed by atoms with Crippen LogP contribution in [0, 0.1) is 0 Å². The van der Waals surface area contributed by atoms with Gasteiger partial charge < -0.3 is 0 Å². The molecule has 218 valence electrons. The van der Waals surface area contributed by atoms with Crippen LogP contribution in [0.4, 0.5) is 0 Å². The topological polar surface area (TPSA) is 13.0 Å². The molecule has 0 bridgehead atoms. The Morgan fingerprint density at radius 3 is 0.707 bits per heavy atom. The molecule has 0 aromatic rings. The van der Waals surface area contributed by atoms with Crippen LogP contribution in [0.2, 0.25) is 78.6 Å². The molecule has 0 N–H and O–H groups in total. The van der Waals surface area contributed by atoms with Crippen molar-refractivity contribution in [1.29, 1.82) is 0 Å². The van der Waals surface area contributed by atoms with Crippen LogP contribution in [0.5, 0.6) is 0 Å². The predicted octanol–water partition coefficient (Wildman–Crippen LogP) is 8.40. The zero-order valence-electron chi connectivity index (χ0n) is 27.1. The minimum atomic E-state index is -4.13. The predicted molar refractivity (Wildman–Crippen MR) is 189 cm³/mol. The molecule has 0 amide bonds. The quantitative estimate of drug-likeness (QED) is 0.148. The summed E-state index contributed by atoms with van der Waals surface area (Å²) in [6.45, 7) is 30.3. The zero-order valence-corrected chi connectivity index (χ0v) is 33.5. The first-order chi connectivity index (χ1) is 18.9. The Labute approximate surface area is 259 Å². The van der Waals surface area contributed by atoms with Crippen molar-refractivity contribution < 1.29 is 0 Å². The van der Waals surface area contributed by atoms with Gasteiger partial charge in [0, 0.05) is 0 Å². The molecule has 0 unspecified atom stereocenters. The first-order valence-corrected chi connectivity index (χ1v) is 32.5. The van der Waals surface area contributed by atoms with E-state index in [0.29, 0.717) is 0 Å². The van der Waals surface area contributed by atoms with Gasteiger partial charge in [-0.3, -0.25) is 0 Å². The molecule has 0 spiro atoms. The second kappa shape index (κ2) is 11.2. The summed E-state index contributed by atoms with van der Waals surface area (Å²) < 4.78 is 11.9. The fourth-order valence-corrected chi connectivity index (χ4v) is 54.2. The first-order valence-electron chi connectivity index (χ1n) is 14.5. The van der Waals surface area contributed by atoms with Crippen LogP contribution in [0.1, 0.15) is 0 Å². The van der Waals surface area contributed by atoms with Gasteiger partial charge in [-0.2, -0.15) is 0 Å². The molecule has 0 atom stereocenters. The molecule has 0 saturated carbocycles. The van der Waals surface area contributed by atoms with Crippen LogP contribution < -0.4 is 0 Å². The summed E-state index contributed by atoms with van der Waals surface area (Å²) in [5, 5.41) is 0. The number of allylic oxidation sites excluding steroid dienone is 8. The summed E-state index contributed by atoms with van der Waals surface area (Å²) in [4.78, 5) is 0. The second-order valence-electron chi connectivity index (χ2n) is 14.6. The number of nitrogens with zero attached hydrogens (tertiary/aromatic N) is 4. The fraction of sp³-hybridized carbons (Fsp3) is 0.375. The molecular formula is C32H48N4Si4Te. The molecule has 0 saturated heterocycles. The van der Waals surface area contributed by atoms with Crippen molar-refractivity contribution in [1.82, 2.24) is 11.3 Å². The van der Waals surface area contributed by atoms with Gasteiger partial charge in [0.2, 0.25) is 0 Å². The Balaban J connectivity index is 2.37. The van der Waals surface area contributed by atoms with E-state index in [2.05, 4.69) is 186 Å². The monoisotopic (exact) mass is 730 g/mol. The van der Waals surface area contributed by atoms with Crippen molar-refractivity contribution >= 4 is 52.2 Å². The van der Waals surface area contributed by atoms with E-state index in [0.717, 1.165) is 0 Å².